The van der Waals surface area contributed by atoms with Crippen LogP contribution in [0.1, 0.15) is 5.69 Å². The first-order valence-corrected chi connectivity index (χ1v) is 3.87. The standard InChI is InChI=1S/C9H8N2O2/c1-5-6-3-2-4-7(12)8(6)9(13)11-10-5/h2-4,12H,1H3,(H,11,13). The van der Waals surface area contributed by atoms with E-state index in [0.29, 0.717) is 16.5 Å². The number of aromatic nitrogens is 2. The number of nitrogens with zero attached hydrogens (tertiary/aromatic N) is 1. The molecule has 0 unspecified atom stereocenters. The van der Waals surface area contributed by atoms with Gasteiger partial charge in [0, 0.05) is 5.39 Å². The van der Waals surface area contributed by atoms with Crippen molar-refractivity contribution in [2.45, 2.75) is 6.92 Å². The molecule has 13 heavy (non-hydrogen) atoms. The zero-order valence-corrected chi connectivity index (χ0v) is 7.03. The quantitative estimate of drug-likeness (QED) is 0.627. The fraction of sp³-hybridized carbons (Fsp3) is 0.111. The number of phenolic OH excluding ortho intramolecular Hbond substituents is 1. The van der Waals surface area contributed by atoms with Crippen molar-refractivity contribution in [2.24, 2.45) is 0 Å². The molecule has 4 heteroatoms. The molecule has 4 nitrogen and oxygen atoms in total. The summed E-state index contributed by atoms with van der Waals surface area (Å²) in [5.41, 5.74) is 0.337. The van der Waals surface area contributed by atoms with E-state index < -0.39 is 0 Å². The molecule has 1 heterocycles. The number of fused-ring (bicyclic) bond motifs is 1. The van der Waals surface area contributed by atoms with E-state index >= 15 is 0 Å². The fourth-order valence-corrected chi connectivity index (χ4v) is 1.33. The molecule has 0 aliphatic heterocycles. The van der Waals surface area contributed by atoms with Crippen LogP contribution in [0.2, 0.25) is 0 Å². The Balaban J connectivity index is 3.09. The molecule has 66 valence electrons. The van der Waals surface area contributed by atoms with E-state index in [0.717, 1.165) is 0 Å². The third-order valence-electron chi connectivity index (χ3n) is 1.98. The smallest absolute Gasteiger partial charge is 0.275 e. The number of aromatic amines is 1. The number of H-pyrrole nitrogens is 1. The van der Waals surface area contributed by atoms with Gasteiger partial charge in [-0.3, -0.25) is 4.79 Å². The Hall–Kier alpha value is -1.84. The van der Waals surface area contributed by atoms with E-state index in [2.05, 4.69) is 10.2 Å². The van der Waals surface area contributed by atoms with Crippen LogP contribution in [-0.4, -0.2) is 15.3 Å². The highest BCUT2D eigenvalue weighted by molar-refractivity contribution is 5.88. The van der Waals surface area contributed by atoms with Crippen LogP contribution in [0.5, 0.6) is 5.75 Å². The number of hydrogen-bond donors (Lipinski definition) is 2. The lowest BCUT2D eigenvalue weighted by Gasteiger charge is -2.00. The molecule has 1 aromatic heterocycles. The Morgan fingerprint density at radius 3 is 2.92 bits per heavy atom. The molecule has 0 saturated heterocycles. The number of aromatic hydroxyl groups is 1. The zero-order chi connectivity index (χ0) is 9.42. The normalized spacial score (nSPS) is 10.5. The maximum absolute atomic E-state index is 11.3. The molecule has 0 amide bonds. The average molecular weight is 176 g/mol. The maximum Gasteiger partial charge on any atom is 0.275 e. The van der Waals surface area contributed by atoms with Crippen LogP contribution in [0.15, 0.2) is 23.0 Å². The summed E-state index contributed by atoms with van der Waals surface area (Å²) in [5, 5.41) is 16.5. The molecular weight excluding hydrogens is 168 g/mol. The summed E-state index contributed by atoms with van der Waals surface area (Å²) in [4.78, 5) is 11.3. The summed E-state index contributed by atoms with van der Waals surface area (Å²) in [7, 11) is 0. The molecule has 0 fully saturated rings. The third-order valence-corrected chi connectivity index (χ3v) is 1.98. The van der Waals surface area contributed by atoms with Gasteiger partial charge in [-0.1, -0.05) is 12.1 Å². The number of benzene rings is 1. The van der Waals surface area contributed by atoms with Crippen molar-refractivity contribution in [1.82, 2.24) is 10.2 Å². The number of rotatable bonds is 0. The first-order chi connectivity index (χ1) is 6.20. The summed E-state index contributed by atoms with van der Waals surface area (Å²) >= 11 is 0. The minimum absolute atomic E-state index is 0.00995. The van der Waals surface area contributed by atoms with Crippen LogP contribution >= 0.6 is 0 Å². The molecule has 0 bridgehead atoms. The third kappa shape index (κ3) is 1.07. The molecule has 2 rings (SSSR count). The highest BCUT2D eigenvalue weighted by Crippen LogP contribution is 2.21. The fourth-order valence-electron chi connectivity index (χ4n) is 1.33. The molecule has 0 aliphatic rings. The Morgan fingerprint density at radius 2 is 2.23 bits per heavy atom. The monoisotopic (exact) mass is 176 g/mol. The molecule has 0 saturated carbocycles. The van der Waals surface area contributed by atoms with Gasteiger partial charge in [0.2, 0.25) is 0 Å². The topological polar surface area (TPSA) is 66.0 Å². The lowest BCUT2D eigenvalue weighted by molar-refractivity contribution is 0.481. The largest absolute Gasteiger partial charge is 0.507 e. The van der Waals surface area contributed by atoms with E-state index in [9.17, 15) is 9.90 Å². The van der Waals surface area contributed by atoms with Gasteiger partial charge in [-0.05, 0) is 13.0 Å². The summed E-state index contributed by atoms with van der Waals surface area (Å²) in [6.07, 6.45) is 0. The van der Waals surface area contributed by atoms with E-state index in [1.165, 1.54) is 6.07 Å². The SMILES string of the molecule is Cc1n[nH]c(=O)c2c(O)cccc12. The lowest BCUT2D eigenvalue weighted by Crippen LogP contribution is -2.09. The second kappa shape index (κ2) is 2.58. The van der Waals surface area contributed by atoms with Crippen LogP contribution in [0.4, 0.5) is 0 Å². The second-order valence-electron chi connectivity index (χ2n) is 2.84. The van der Waals surface area contributed by atoms with Gasteiger partial charge < -0.3 is 5.11 Å². The minimum atomic E-state index is -0.362. The van der Waals surface area contributed by atoms with Gasteiger partial charge in [-0.25, -0.2) is 5.10 Å². The average Bonchev–Trinajstić information content (AvgIpc) is 2.12. The molecule has 1 aromatic carbocycles. The van der Waals surface area contributed by atoms with Crippen molar-refractivity contribution in [1.29, 1.82) is 0 Å². The van der Waals surface area contributed by atoms with E-state index in [-0.39, 0.29) is 11.3 Å². The van der Waals surface area contributed by atoms with Crippen molar-refractivity contribution in [3.05, 3.63) is 34.2 Å². The van der Waals surface area contributed by atoms with Crippen LogP contribution in [0, 0.1) is 6.92 Å². The summed E-state index contributed by atoms with van der Waals surface area (Å²) < 4.78 is 0. The number of nitrogens with one attached hydrogen (secondary N) is 1. The maximum atomic E-state index is 11.3. The Morgan fingerprint density at radius 1 is 1.46 bits per heavy atom. The van der Waals surface area contributed by atoms with E-state index in [1.54, 1.807) is 19.1 Å². The first-order valence-electron chi connectivity index (χ1n) is 3.87. The van der Waals surface area contributed by atoms with Crippen LogP contribution in [-0.2, 0) is 0 Å². The van der Waals surface area contributed by atoms with Crippen LogP contribution < -0.4 is 5.56 Å². The number of hydrogen-bond acceptors (Lipinski definition) is 3. The predicted molar refractivity (Wildman–Crippen MR) is 48.8 cm³/mol. The van der Waals surface area contributed by atoms with Crippen LogP contribution in [0.25, 0.3) is 10.8 Å². The molecular formula is C9H8N2O2. The van der Waals surface area contributed by atoms with Crippen LogP contribution in [0.3, 0.4) is 0 Å². The zero-order valence-electron chi connectivity index (χ0n) is 7.03. The summed E-state index contributed by atoms with van der Waals surface area (Å²) in [6.45, 7) is 1.78. The highest BCUT2D eigenvalue weighted by Gasteiger charge is 2.05. The van der Waals surface area contributed by atoms with Gasteiger partial charge in [-0.15, -0.1) is 0 Å². The summed E-state index contributed by atoms with van der Waals surface area (Å²) in [6, 6.07) is 4.93. The lowest BCUT2D eigenvalue weighted by atomic mass is 10.1. The molecule has 2 N–H and O–H groups in total. The molecule has 2 aromatic rings. The minimum Gasteiger partial charge on any atom is -0.507 e. The van der Waals surface area contributed by atoms with Crippen molar-refractivity contribution in [2.75, 3.05) is 0 Å². The van der Waals surface area contributed by atoms with Gasteiger partial charge in [0.1, 0.15) is 5.75 Å². The van der Waals surface area contributed by atoms with Crippen molar-refractivity contribution >= 4 is 10.8 Å². The van der Waals surface area contributed by atoms with E-state index in [1.807, 2.05) is 0 Å². The second-order valence-corrected chi connectivity index (χ2v) is 2.84. The summed E-state index contributed by atoms with van der Waals surface area (Å²) in [5.74, 6) is -0.00995. The van der Waals surface area contributed by atoms with Crippen molar-refractivity contribution in [3.63, 3.8) is 0 Å². The molecule has 0 atom stereocenters. The van der Waals surface area contributed by atoms with Gasteiger partial charge >= 0.3 is 0 Å². The van der Waals surface area contributed by atoms with Crippen molar-refractivity contribution in [3.8, 4) is 5.75 Å². The number of aryl methyl sites for hydroxylation is 1. The molecule has 0 aliphatic carbocycles. The molecule has 0 radical (unpaired) electrons. The van der Waals surface area contributed by atoms with Gasteiger partial charge in [0.15, 0.2) is 0 Å². The van der Waals surface area contributed by atoms with Gasteiger partial charge in [0.25, 0.3) is 5.56 Å². The Kier molecular flexibility index (Phi) is 1.55. The Labute approximate surface area is 73.8 Å². The van der Waals surface area contributed by atoms with Gasteiger partial charge in [-0.2, -0.15) is 5.10 Å². The van der Waals surface area contributed by atoms with E-state index in [4.69, 9.17) is 0 Å². The predicted octanol–water partition coefficient (Wildman–Crippen LogP) is 0.937. The van der Waals surface area contributed by atoms with Gasteiger partial charge in [0.05, 0.1) is 11.1 Å². The molecule has 0 spiro atoms. The first kappa shape index (κ1) is 7.79. The Bertz CT molecular complexity index is 516. The highest BCUT2D eigenvalue weighted by atomic mass is 16.3. The van der Waals surface area contributed by atoms with Crippen molar-refractivity contribution < 1.29 is 5.11 Å². The number of phenols is 1.